The summed E-state index contributed by atoms with van der Waals surface area (Å²) in [4.78, 5) is 9.25. The summed E-state index contributed by atoms with van der Waals surface area (Å²) >= 11 is 1.47. The number of fused-ring (bicyclic) bond motifs is 1. The van der Waals surface area contributed by atoms with E-state index in [-0.39, 0.29) is 11.8 Å². The zero-order valence-electron chi connectivity index (χ0n) is 10.6. The molecule has 0 spiro atoms. The van der Waals surface area contributed by atoms with E-state index in [1.807, 2.05) is 18.4 Å². The molecule has 0 aliphatic carbocycles. The SMILES string of the molecule is Cc1ccc(F)c(Nc2nc(NN)nc3sccc23)c1. The minimum atomic E-state index is -0.333. The molecule has 0 aliphatic rings. The summed E-state index contributed by atoms with van der Waals surface area (Å²) in [7, 11) is 0. The van der Waals surface area contributed by atoms with Crippen LogP contribution in [0, 0.1) is 12.7 Å². The van der Waals surface area contributed by atoms with Crippen molar-refractivity contribution in [2.45, 2.75) is 6.92 Å². The van der Waals surface area contributed by atoms with Crippen LogP contribution in [0.3, 0.4) is 0 Å². The van der Waals surface area contributed by atoms with Gasteiger partial charge in [0.15, 0.2) is 0 Å². The van der Waals surface area contributed by atoms with Crippen LogP contribution in [0.5, 0.6) is 0 Å². The molecule has 0 amide bonds. The fourth-order valence-corrected chi connectivity index (χ4v) is 2.64. The number of thiophene rings is 1. The van der Waals surface area contributed by atoms with Gasteiger partial charge in [0.1, 0.15) is 16.5 Å². The summed E-state index contributed by atoms with van der Waals surface area (Å²) < 4.78 is 13.8. The summed E-state index contributed by atoms with van der Waals surface area (Å²) in [6, 6.07) is 6.75. The van der Waals surface area contributed by atoms with Crippen molar-refractivity contribution in [3.8, 4) is 0 Å². The number of hydrogen-bond donors (Lipinski definition) is 3. The third-order valence-electron chi connectivity index (χ3n) is 2.83. The van der Waals surface area contributed by atoms with Crippen LogP contribution in [-0.4, -0.2) is 9.97 Å². The Balaban J connectivity index is 2.09. The summed E-state index contributed by atoms with van der Waals surface area (Å²) in [6.07, 6.45) is 0. The van der Waals surface area contributed by atoms with Crippen molar-refractivity contribution in [1.82, 2.24) is 9.97 Å². The topological polar surface area (TPSA) is 75.9 Å². The smallest absolute Gasteiger partial charge is 0.240 e. The first-order valence-electron chi connectivity index (χ1n) is 5.92. The number of nitrogen functional groups attached to an aromatic ring is 1. The van der Waals surface area contributed by atoms with Crippen LogP contribution in [0.4, 0.5) is 21.8 Å². The monoisotopic (exact) mass is 289 g/mol. The zero-order chi connectivity index (χ0) is 14.1. The van der Waals surface area contributed by atoms with E-state index in [1.165, 1.54) is 17.4 Å². The molecule has 7 heteroatoms. The Morgan fingerprint density at radius 3 is 2.90 bits per heavy atom. The number of aryl methyl sites for hydroxylation is 1. The number of hydrazine groups is 1. The van der Waals surface area contributed by atoms with Crippen molar-refractivity contribution < 1.29 is 4.39 Å². The predicted octanol–water partition coefficient (Wildman–Crippen LogP) is 3.17. The number of anilines is 3. The van der Waals surface area contributed by atoms with Crippen LogP contribution in [0.1, 0.15) is 5.56 Å². The average molecular weight is 289 g/mol. The molecule has 0 aliphatic heterocycles. The van der Waals surface area contributed by atoms with Gasteiger partial charge in [-0.3, -0.25) is 5.43 Å². The van der Waals surface area contributed by atoms with E-state index >= 15 is 0 Å². The molecule has 0 bridgehead atoms. The highest BCUT2D eigenvalue weighted by Gasteiger charge is 2.10. The fraction of sp³-hybridized carbons (Fsp3) is 0.0769. The van der Waals surface area contributed by atoms with Gasteiger partial charge in [0.2, 0.25) is 5.95 Å². The third-order valence-corrected chi connectivity index (χ3v) is 3.64. The molecule has 0 fully saturated rings. The molecule has 0 saturated carbocycles. The van der Waals surface area contributed by atoms with Crippen LogP contribution in [0.25, 0.3) is 10.2 Å². The number of halogens is 1. The summed E-state index contributed by atoms with van der Waals surface area (Å²) in [5.41, 5.74) is 3.75. The van der Waals surface area contributed by atoms with Crippen molar-refractivity contribution in [3.05, 3.63) is 41.0 Å². The van der Waals surface area contributed by atoms with Crippen molar-refractivity contribution >= 4 is 39.0 Å². The highest BCUT2D eigenvalue weighted by Crippen LogP contribution is 2.29. The first-order chi connectivity index (χ1) is 9.67. The second-order valence-corrected chi connectivity index (χ2v) is 5.18. The molecule has 5 nitrogen and oxygen atoms in total. The number of benzene rings is 1. The second kappa shape index (κ2) is 5.03. The second-order valence-electron chi connectivity index (χ2n) is 4.29. The largest absolute Gasteiger partial charge is 0.337 e. The number of nitrogens with zero attached hydrogens (tertiary/aromatic N) is 2. The van der Waals surface area contributed by atoms with Crippen LogP contribution in [0.2, 0.25) is 0 Å². The maximum atomic E-state index is 13.8. The Bertz CT molecular complexity index is 771. The first kappa shape index (κ1) is 12.8. The highest BCUT2D eigenvalue weighted by atomic mass is 32.1. The maximum absolute atomic E-state index is 13.8. The van der Waals surface area contributed by atoms with Crippen LogP contribution >= 0.6 is 11.3 Å². The average Bonchev–Trinajstić information content (AvgIpc) is 2.91. The lowest BCUT2D eigenvalue weighted by atomic mass is 10.2. The number of rotatable bonds is 3. The van der Waals surface area contributed by atoms with E-state index in [9.17, 15) is 4.39 Å². The maximum Gasteiger partial charge on any atom is 0.240 e. The van der Waals surface area contributed by atoms with E-state index in [0.717, 1.165) is 15.8 Å². The molecule has 3 aromatic rings. The van der Waals surface area contributed by atoms with E-state index in [0.29, 0.717) is 11.5 Å². The van der Waals surface area contributed by atoms with Crippen LogP contribution in [0.15, 0.2) is 29.6 Å². The molecule has 2 aromatic heterocycles. The molecular weight excluding hydrogens is 277 g/mol. The number of aromatic nitrogens is 2. The fourth-order valence-electron chi connectivity index (χ4n) is 1.88. The van der Waals surface area contributed by atoms with E-state index in [2.05, 4.69) is 20.7 Å². The highest BCUT2D eigenvalue weighted by molar-refractivity contribution is 7.16. The van der Waals surface area contributed by atoms with Crippen LogP contribution < -0.4 is 16.6 Å². The molecule has 0 unspecified atom stereocenters. The molecule has 0 atom stereocenters. The van der Waals surface area contributed by atoms with Gasteiger partial charge in [-0.25, -0.2) is 15.2 Å². The van der Waals surface area contributed by atoms with Crippen molar-refractivity contribution in [3.63, 3.8) is 0 Å². The molecule has 0 radical (unpaired) electrons. The van der Waals surface area contributed by atoms with Gasteiger partial charge >= 0.3 is 0 Å². The Hall–Kier alpha value is -2.25. The summed E-state index contributed by atoms with van der Waals surface area (Å²) in [6.45, 7) is 1.90. The molecule has 102 valence electrons. The Kier molecular flexibility index (Phi) is 3.21. The van der Waals surface area contributed by atoms with E-state index in [4.69, 9.17) is 5.84 Å². The lowest BCUT2D eigenvalue weighted by molar-refractivity contribution is 0.631. The molecule has 3 rings (SSSR count). The van der Waals surface area contributed by atoms with E-state index < -0.39 is 0 Å². The summed E-state index contributed by atoms with van der Waals surface area (Å²) in [5.74, 6) is 5.83. The minimum Gasteiger partial charge on any atom is -0.337 e. The van der Waals surface area contributed by atoms with Gasteiger partial charge in [-0.2, -0.15) is 4.98 Å². The van der Waals surface area contributed by atoms with Gasteiger partial charge in [-0.15, -0.1) is 11.3 Å². The molecule has 20 heavy (non-hydrogen) atoms. The number of hydrogen-bond acceptors (Lipinski definition) is 6. The normalized spacial score (nSPS) is 10.8. The lowest BCUT2D eigenvalue weighted by Gasteiger charge is -2.10. The third kappa shape index (κ3) is 2.28. The van der Waals surface area contributed by atoms with Crippen molar-refractivity contribution in [2.75, 3.05) is 10.7 Å². The molecular formula is C13H12FN5S. The van der Waals surface area contributed by atoms with E-state index in [1.54, 1.807) is 12.1 Å². The molecule has 2 heterocycles. The van der Waals surface area contributed by atoms with Crippen molar-refractivity contribution in [2.24, 2.45) is 5.84 Å². The lowest BCUT2D eigenvalue weighted by Crippen LogP contribution is -2.11. The zero-order valence-corrected chi connectivity index (χ0v) is 11.5. The number of nitrogens with one attached hydrogen (secondary N) is 2. The van der Waals surface area contributed by atoms with Gasteiger partial charge in [0, 0.05) is 0 Å². The Labute approximate surface area is 118 Å². The van der Waals surface area contributed by atoms with Gasteiger partial charge in [-0.05, 0) is 36.1 Å². The quantitative estimate of drug-likeness (QED) is 0.510. The molecule has 0 saturated heterocycles. The van der Waals surface area contributed by atoms with Gasteiger partial charge in [-0.1, -0.05) is 6.07 Å². The summed E-state index contributed by atoms with van der Waals surface area (Å²) in [5, 5.41) is 5.73. The predicted molar refractivity (Wildman–Crippen MR) is 79.6 cm³/mol. The van der Waals surface area contributed by atoms with Gasteiger partial charge in [0.05, 0.1) is 11.1 Å². The van der Waals surface area contributed by atoms with Gasteiger partial charge in [0.25, 0.3) is 0 Å². The molecule has 1 aromatic carbocycles. The first-order valence-corrected chi connectivity index (χ1v) is 6.80. The number of nitrogens with two attached hydrogens (primary N) is 1. The Morgan fingerprint density at radius 2 is 2.10 bits per heavy atom. The van der Waals surface area contributed by atoms with Crippen LogP contribution in [-0.2, 0) is 0 Å². The van der Waals surface area contributed by atoms with Gasteiger partial charge < -0.3 is 5.32 Å². The standard InChI is InChI=1S/C13H12FN5S/c1-7-2-3-9(14)10(6-7)16-11-8-4-5-20-12(8)18-13(17-11)19-15/h2-6H,15H2,1H3,(H2,16,17,18,19). The molecule has 4 N–H and O–H groups in total. The van der Waals surface area contributed by atoms with Crippen molar-refractivity contribution in [1.29, 1.82) is 0 Å². The Morgan fingerprint density at radius 1 is 1.25 bits per heavy atom. The minimum absolute atomic E-state index is 0.288.